The minimum absolute atomic E-state index is 0.0171. The van der Waals surface area contributed by atoms with Crippen molar-refractivity contribution >= 4 is 27.3 Å². The van der Waals surface area contributed by atoms with Gasteiger partial charge >= 0.3 is 0 Å². The molecule has 2 aromatic rings. The standard InChI is InChI=1S/C19H24N2O3S2/c1-15(9-10-16-7-3-2-4-8-16)20-19(22)17-11-12-18(25-17)26(23,24)21-13-5-6-14-21/h2-4,7-8,11-12,15H,5-6,9-10,13-14H2,1H3,(H,20,22)/t15-/m0/s1. The highest BCUT2D eigenvalue weighted by Crippen LogP contribution is 2.27. The Hall–Kier alpha value is -1.70. The summed E-state index contributed by atoms with van der Waals surface area (Å²) in [4.78, 5) is 12.9. The van der Waals surface area contributed by atoms with Crippen LogP contribution in [0.4, 0.5) is 0 Å². The van der Waals surface area contributed by atoms with E-state index in [1.54, 1.807) is 12.1 Å². The van der Waals surface area contributed by atoms with E-state index in [0.717, 1.165) is 37.0 Å². The van der Waals surface area contributed by atoms with Gasteiger partial charge in [0.25, 0.3) is 15.9 Å². The van der Waals surface area contributed by atoms with Crippen LogP contribution in [0, 0.1) is 0 Å². The van der Waals surface area contributed by atoms with Gasteiger partial charge in [-0.2, -0.15) is 4.31 Å². The van der Waals surface area contributed by atoms with E-state index >= 15 is 0 Å². The third kappa shape index (κ3) is 4.52. The average molecular weight is 393 g/mol. The maximum Gasteiger partial charge on any atom is 0.261 e. The van der Waals surface area contributed by atoms with Gasteiger partial charge in [0, 0.05) is 19.1 Å². The van der Waals surface area contributed by atoms with Crippen LogP contribution in [0.1, 0.15) is 41.4 Å². The first-order valence-electron chi connectivity index (χ1n) is 8.91. The van der Waals surface area contributed by atoms with Crippen molar-refractivity contribution < 1.29 is 13.2 Å². The lowest BCUT2D eigenvalue weighted by Gasteiger charge is -2.14. The highest BCUT2D eigenvalue weighted by Gasteiger charge is 2.29. The molecular formula is C19H24N2O3S2. The molecule has 1 aliphatic rings. The number of hydrogen-bond donors (Lipinski definition) is 1. The molecular weight excluding hydrogens is 368 g/mol. The maximum absolute atomic E-state index is 12.6. The van der Waals surface area contributed by atoms with Crippen LogP contribution in [0.25, 0.3) is 0 Å². The van der Waals surface area contributed by atoms with Gasteiger partial charge in [0.05, 0.1) is 4.88 Å². The van der Waals surface area contributed by atoms with Gasteiger partial charge in [-0.3, -0.25) is 4.79 Å². The second-order valence-electron chi connectivity index (χ2n) is 6.63. The molecule has 5 nitrogen and oxygen atoms in total. The van der Waals surface area contributed by atoms with E-state index in [2.05, 4.69) is 17.4 Å². The Balaban J connectivity index is 1.57. The monoisotopic (exact) mass is 392 g/mol. The van der Waals surface area contributed by atoms with E-state index in [1.165, 1.54) is 9.87 Å². The van der Waals surface area contributed by atoms with E-state index in [1.807, 2.05) is 25.1 Å². The molecule has 1 amide bonds. The smallest absolute Gasteiger partial charge is 0.261 e. The Kier molecular flexibility index (Phi) is 6.11. The zero-order valence-electron chi connectivity index (χ0n) is 14.8. The number of hydrogen-bond acceptors (Lipinski definition) is 4. The summed E-state index contributed by atoms with van der Waals surface area (Å²) in [5.41, 5.74) is 1.24. The number of nitrogens with one attached hydrogen (secondary N) is 1. The van der Waals surface area contributed by atoms with E-state index < -0.39 is 10.0 Å². The minimum atomic E-state index is -3.45. The van der Waals surface area contributed by atoms with Gasteiger partial charge in [0.1, 0.15) is 4.21 Å². The highest BCUT2D eigenvalue weighted by molar-refractivity contribution is 7.91. The molecule has 0 unspecified atom stereocenters. The zero-order chi connectivity index (χ0) is 18.6. The first-order chi connectivity index (χ1) is 12.5. The molecule has 0 saturated carbocycles. The molecule has 1 aliphatic heterocycles. The summed E-state index contributed by atoms with van der Waals surface area (Å²) in [6, 6.07) is 13.3. The molecule has 0 radical (unpaired) electrons. The Morgan fingerprint density at radius 1 is 1.15 bits per heavy atom. The van der Waals surface area contributed by atoms with Crippen molar-refractivity contribution in [3.63, 3.8) is 0 Å². The number of benzene rings is 1. The number of aryl methyl sites for hydroxylation is 1. The normalized spacial score (nSPS) is 16.5. The van der Waals surface area contributed by atoms with Gasteiger partial charge in [0.15, 0.2) is 0 Å². The van der Waals surface area contributed by atoms with Crippen molar-refractivity contribution in [1.82, 2.24) is 9.62 Å². The molecule has 1 saturated heterocycles. The predicted molar refractivity (Wildman–Crippen MR) is 104 cm³/mol. The summed E-state index contributed by atoms with van der Waals surface area (Å²) in [7, 11) is -3.45. The third-order valence-corrected chi connectivity index (χ3v) is 8.00. The van der Waals surface area contributed by atoms with Gasteiger partial charge in [0.2, 0.25) is 0 Å². The lowest BCUT2D eigenvalue weighted by molar-refractivity contribution is 0.0942. The predicted octanol–water partition coefficient (Wildman–Crippen LogP) is 3.28. The number of rotatable bonds is 7. The number of carbonyl (C=O) groups is 1. The molecule has 7 heteroatoms. The Bertz CT molecular complexity index is 841. The van der Waals surface area contributed by atoms with E-state index in [9.17, 15) is 13.2 Å². The molecule has 0 spiro atoms. The largest absolute Gasteiger partial charge is 0.349 e. The summed E-state index contributed by atoms with van der Waals surface area (Å²) in [5, 5.41) is 2.96. The first kappa shape index (κ1) is 19.1. The topological polar surface area (TPSA) is 66.5 Å². The molecule has 1 fully saturated rings. The molecule has 140 valence electrons. The summed E-state index contributed by atoms with van der Waals surface area (Å²) in [5.74, 6) is -0.210. The van der Waals surface area contributed by atoms with Crippen LogP contribution in [0.3, 0.4) is 0 Å². The Morgan fingerprint density at radius 2 is 1.85 bits per heavy atom. The summed E-state index contributed by atoms with van der Waals surface area (Å²) >= 11 is 1.05. The average Bonchev–Trinajstić information content (AvgIpc) is 3.33. The third-order valence-electron chi connectivity index (χ3n) is 4.55. The Morgan fingerprint density at radius 3 is 2.54 bits per heavy atom. The van der Waals surface area contributed by atoms with Gasteiger partial charge in [-0.1, -0.05) is 30.3 Å². The number of sulfonamides is 1. The van der Waals surface area contributed by atoms with Crippen molar-refractivity contribution in [1.29, 1.82) is 0 Å². The molecule has 1 N–H and O–H groups in total. The zero-order valence-corrected chi connectivity index (χ0v) is 16.5. The second kappa shape index (κ2) is 8.33. The van der Waals surface area contributed by atoms with Crippen LogP contribution in [0.2, 0.25) is 0 Å². The van der Waals surface area contributed by atoms with Gasteiger partial charge in [-0.15, -0.1) is 11.3 Å². The van der Waals surface area contributed by atoms with E-state index in [0.29, 0.717) is 18.0 Å². The molecule has 2 heterocycles. The van der Waals surface area contributed by atoms with Crippen LogP contribution < -0.4 is 5.32 Å². The molecule has 1 atom stereocenters. The van der Waals surface area contributed by atoms with E-state index in [4.69, 9.17) is 0 Å². The van der Waals surface area contributed by atoms with Crippen molar-refractivity contribution in [2.45, 2.75) is 42.9 Å². The van der Waals surface area contributed by atoms with Gasteiger partial charge in [-0.05, 0) is 50.3 Å². The van der Waals surface area contributed by atoms with Crippen molar-refractivity contribution in [2.75, 3.05) is 13.1 Å². The van der Waals surface area contributed by atoms with Crippen LogP contribution in [-0.2, 0) is 16.4 Å². The summed E-state index contributed by atoms with van der Waals surface area (Å²) in [6.07, 6.45) is 3.52. The molecule has 3 rings (SSSR count). The summed E-state index contributed by atoms with van der Waals surface area (Å²) in [6.45, 7) is 3.10. The molecule has 1 aromatic carbocycles. The lowest BCUT2D eigenvalue weighted by atomic mass is 10.1. The minimum Gasteiger partial charge on any atom is -0.349 e. The second-order valence-corrected chi connectivity index (χ2v) is 9.88. The van der Waals surface area contributed by atoms with Crippen LogP contribution >= 0.6 is 11.3 Å². The highest BCUT2D eigenvalue weighted by atomic mass is 32.2. The molecule has 0 aliphatic carbocycles. The van der Waals surface area contributed by atoms with Crippen molar-refractivity contribution in [3.8, 4) is 0 Å². The number of carbonyl (C=O) groups excluding carboxylic acids is 1. The van der Waals surface area contributed by atoms with Crippen LogP contribution in [0.15, 0.2) is 46.7 Å². The SMILES string of the molecule is C[C@@H](CCc1ccccc1)NC(=O)c1ccc(S(=O)(=O)N2CCCC2)s1. The quantitative estimate of drug-likeness (QED) is 0.786. The fraction of sp³-hybridized carbons (Fsp3) is 0.421. The number of thiophene rings is 1. The number of nitrogens with zero attached hydrogens (tertiary/aromatic N) is 1. The molecule has 26 heavy (non-hydrogen) atoms. The van der Waals surface area contributed by atoms with Gasteiger partial charge in [-0.25, -0.2) is 8.42 Å². The first-order valence-corrected chi connectivity index (χ1v) is 11.2. The van der Waals surface area contributed by atoms with E-state index in [-0.39, 0.29) is 16.2 Å². The Labute approximate surface area is 159 Å². The van der Waals surface area contributed by atoms with Crippen molar-refractivity contribution in [3.05, 3.63) is 52.9 Å². The van der Waals surface area contributed by atoms with Crippen LogP contribution in [-0.4, -0.2) is 37.8 Å². The molecule has 1 aromatic heterocycles. The fourth-order valence-electron chi connectivity index (χ4n) is 3.03. The maximum atomic E-state index is 12.6. The van der Waals surface area contributed by atoms with Crippen molar-refractivity contribution in [2.24, 2.45) is 0 Å². The van der Waals surface area contributed by atoms with Crippen LogP contribution in [0.5, 0.6) is 0 Å². The van der Waals surface area contributed by atoms with Gasteiger partial charge < -0.3 is 5.32 Å². The molecule has 0 bridgehead atoms. The number of amides is 1. The summed E-state index contributed by atoms with van der Waals surface area (Å²) < 4.78 is 26.9. The lowest BCUT2D eigenvalue weighted by Crippen LogP contribution is -2.32. The fourth-order valence-corrected chi connectivity index (χ4v) is 5.91.